The summed E-state index contributed by atoms with van der Waals surface area (Å²) in [5.41, 5.74) is 6.11. The largest absolute Gasteiger partial charge is 0.404 e. The van der Waals surface area contributed by atoms with Crippen LogP contribution in [0.1, 0.15) is 13.8 Å². The Morgan fingerprint density at radius 2 is 2.30 bits per heavy atom. The Hall–Kier alpha value is -1.12. The van der Waals surface area contributed by atoms with E-state index in [1.165, 1.54) is 6.20 Å². The second kappa shape index (κ2) is 4.73. The highest BCUT2D eigenvalue weighted by molar-refractivity contribution is 6.00. The van der Waals surface area contributed by atoms with Crippen molar-refractivity contribution >= 4 is 12.6 Å². The van der Waals surface area contributed by atoms with Gasteiger partial charge in [-0.05, 0) is 20.6 Å². The molecule has 0 fully saturated rings. The van der Waals surface area contributed by atoms with E-state index < -0.39 is 0 Å². The van der Waals surface area contributed by atoms with Crippen molar-refractivity contribution in [2.24, 2.45) is 15.7 Å². The Labute approximate surface area is 61.4 Å². The summed E-state index contributed by atoms with van der Waals surface area (Å²) in [6.45, 7) is 7.87. The average molecular weight is 139 g/mol. The summed E-state index contributed by atoms with van der Waals surface area (Å²) in [5.74, 6) is 0.630. The maximum atomic E-state index is 5.25. The number of nitrogens with zero attached hydrogens (tertiary/aromatic N) is 2. The highest BCUT2D eigenvalue weighted by atomic mass is 14.9. The summed E-state index contributed by atoms with van der Waals surface area (Å²) in [4.78, 5) is 7.75. The van der Waals surface area contributed by atoms with E-state index in [4.69, 9.17) is 5.73 Å². The smallest absolute Gasteiger partial charge is 0.150 e. The third-order valence-electron chi connectivity index (χ3n) is 1.06. The zero-order valence-electron chi connectivity index (χ0n) is 6.46. The molecule has 0 aliphatic carbocycles. The van der Waals surface area contributed by atoms with Crippen molar-refractivity contribution in [1.29, 1.82) is 0 Å². The maximum Gasteiger partial charge on any atom is 0.150 e. The first-order valence-electron chi connectivity index (χ1n) is 3.16. The molecule has 0 heterocycles. The van der Waals surface area contributed by atoms with Gasteiger partial charge in [0.15, 0.2) is 5.84 Å². The quantitative estimate of drug-likeness (QED) is 0.449. The zero-order valence-corrected chi connectivity index (χ0v) is 6.46. The van der Waals surface area contributed by atoms with Gasteiger partial charge >= 0.3 is 0 Å². The molecule has 0 atom stereocenters. The van der Waals surface area contributed by atoms with Crippen molar-refractivity contribution in [2.75, 3.05) is 6.54 Å². The second-order valence-electron chi connectivity index (χ2n) is 1.81. The van der Waals surface area contributed by atoms with Crippen LogP contribution in [0.4, 0.5) is 0 Å². The zero-order chi connectivity index (χ0) is 7.98. The molecule has 0 rings (SSSR count). The summed E-state index contributed by atoms with van der Waals surface area (Å²) in [6.07, 6.45) is 1.48. The predicted octanol–water partition coefficient (Wildman–Crippen LogP) is 0.968. The molecule has 0 aromatic rings. The Kier molecular flexibility index (Phi) is 4.20. The fourth-order valence-electron chi connectivity index (χ4n) is 0.524. The molecule has 3 nitrogen and oxygen atoms in total. The van der Waals surface area contributed by atoms with Gasteiger partial charge in [-0.2, -0.15) is 0 Å². The van der Waals surface area contributed by atoms with Gasteiger partial charge in [0.05, 0.1) is 0 Å². The van der Waals surface area contributed by atoms with E-state index in [1.807, 2.05) is 13.8 Å². The lowest BCUT2D eigenvalue weighted by molar-refractivity contribution is 1.12. The molecule has 0 radical (unpaired) electrons. The van der Waals surface area contributed by atoms with E-state index in [0.717, 1.165) is 5.57 Å². The highest BCUT2D eigenvalue weighted by Gasteiger charge is 1.94. The molecule has 0 bridgehead atoms. The van der Waals surface area contributed by atoms with E-state index in [2.05, 4.69) is 16.7 Å². The van der Waals surface area contributed by atoms with Crippen LogP contribution in [0.25, 0.3) is 0 Å². The van der Waals surface area contributed by atoms with Gasteiger partial charge in [-0.25, -0.2) is 4.99 Å². The molecule has 3 heteroatoms. The predicted molar refractivity (Wildman–Crippen MR) is 45.5 cm³/mol. The minimum absolute atomic E-state index is 0.630. The monoisotopic (exact) mass is 139 g/mol. The summed E-state index contributed by atoms with van der Waals surface area (Å²) >= 11 is 0. The Bertz CT molecular complexity index is 168. The molecule has 0 saturated heterocycles. The minimum atomic E-state index is 0.630. The first-order valence-corrected chi connectivity index (χ1v) is 3.16. The van der Waals surface area contributed by atoms with Crippen LogP contribution < -0.4 is 5.73 Å². The van der Waals surface area contributed by atoms with Gasteiger partial charge in [-0.15, -0.1) is 0 Å². The summed E-state index contributed by atoms with van der Waals surface area (Å²) in [7, 11) is 0. The van der Waals surface area contributed by atoms with Gasteiger partial charge < -0.3 is 5.73 Å². The molecule has 56 valence electrons. The third kappa shape index (κ3) is 2.44. The molecule has 0 aliphatic rings. The van der Waals surface area contributed by atoms with Crippen LogP contribution in [0, 0.1) is 0 Å². The van der Waals surface area contributed by atoms with Gasteiger partial charge in [-0.1, -0.05) is 0 Å². The third-order valence-corrected chi connectivity index (χ3v) is 1.06. The van der Waals surface area contributed by atoms with Crippen molar-refractivity contribution in [3.8, 4) is 0 Å². The lowest BCUT2D eigenvalue weighted by Crippen LogP contribution is -1.98. The van der Waals surface area contributed by atoms with Crippen LogP contribution in [-0.2, 0) is 0 Å². The van der Waals surface area contributed by atoms with Crippen molar-refractivity contribution in [1.82, 2.24) is 0 Å². The molecule has 0 saturated carbocycles. The Balaban J connectivity index is 4.35. The first-order chi connectivity index (χ1) is 4.76. The number of hydrogen-bond donors (Lipinski definition) is 1. The van der Waals surface area contributed by atoms with Gasteiger partial charge in [0.25, 0.3) is 0 Å². The number of hydrogen-bond acceptors (Lipinski definition) is 2. The van der Waals surface area contributed by atoms with Crippen LogP contribution in [0.3, 0.4) is 0 Å². The summed E-state index contributed by atoms with van der Waals surface area (Å²) in [5, 5.41) is 0. The van der Waals surface area contributed by atoms with E-state index in [0.29, 0.717) is 12.4 Å². The van der Waals surface area contributed by atoms with Crippen molar-refractivity contribution in [3.05, 3.63) is 11.8 Å². The number of rotatable bonds is 2. The van der Waals surface area contributed by atoms with Crippen LogP contribution in [0.15, 0.2) is 21.8 Å². The molecule has 10 heavy (non-hydrogen) atoms. The van der Waals surface area contributed by atoms with Gasteiger partial charge in [-0.3, -0.25) is 4.99 Å². The molecular formula is C7H13N3. The molecule has 0 amide bonds. The lowest BCUT2D eigenvalue weighted by atomic mass is 10.3. The Morgan fingerprint density at radius 3 is 2.60 bits per heavy atom. The molecule has 0 unspecified atom stereocenters. The fraction of sp³-hybridized carbons (Fsp3) is 0.429. The van der Waals surface area contributed by atoms with Gasteiger partial charge in [0.1, 0.15) is 0 Å². The highest BCUT2D eigenvalue weighted by Crippen LogP contribution is 1.95. The minimum Gasteiger partial charge on any atom is -0.404 e. The van der Waals surface area contributed by atoms with Crippen LogP contribution in [-0.4, -0.2) is 19.1 Å². The van der Waals surface area contributed by atoms with E-state index in [-0.39, 0.29) is 0 Å². The van der Waals surface area contributed by atoms with E-state index in [1.54, 1.807) is 0 Å². The number of aliphatic imine (C=N–C) groups is 2. The molecule has 2 N–H and O–H groups in total. The second-order valence-corrected chi connectivity index (χ2v) is 1.81. The van der Waals surface area contributed by atoms with Gasteiger partial charge in [0.2, 0.25) is 0 Å². The van der Waals surface area contributed by atoms with Gasteiger partial charge in [0, 0.05) is 18.3 Å². The summed E-state index contributed by atoms with van der Waals surface area (Å²) < 4.78 is 0. The van der Waals surface area contributed by atoms with Crippen molar-refractivity contribution in [3.63, 3.8) is 0 Å². The lowest BCUT2D eigenvalue weighted by Gasteiger charge is -1.96. The number of nitrogens with two attached hydrogens (primary N) is 1. The fourth-order valence-corrected chi connectivity index (χ4v) is 0.524. The van der Waals surface area contributed by atoms with E-state index >= 15 is 0 Å². The van der Waals surface area contributed by atoms with Crippen molar-refractivity contribution < 1.29 is 0 Å². The number of amidine groups is 1. The molecular weight excluding hydrogens is 126 g/mol. The van der Waals surface area contributed by atoms with Crippen LogP contribution in [0.5, 0.6) is 0 Å². The molecule has 0 aromatic heterocycles. The van der Waals surface area contributed by atoms with Crippen LogP contribution >= 0.6 is 0 Å². The normalized spacial score (nSPS) is 13.4. The topological polar surface area (TPSA) is 50.7 Å². The van der Waals surface area contributed by atoms with E-state index in [9.17, 15) is 0 Å². The standard InChI is InChI=1S/C7H13N3/c1-4-10-7(9-3)6(2)5-8/h5H,3-4,8H2,1-2H3. The van der Waals surface area contributed by atoms with Crippen molar-refractivity contribution in [2.45, 2.75) is 13.8 Å². The summed E-state index contributed by atoms with van der Waals surface area (Å²) in [6, 6.07) is 0. The Morgan fingerprint density at radius 1 is 1.70 bits per heavy atom. The van der Waals surface area contributed by atoms with Crippen LogP contribution in [0.2, 0.25) is 0 Å². The molecule has 0 aliphatic heterocycles. The maximum absolute atomic E-state index is 5.25. The molecule has 0 aromatic carbocycles. The average Bonchev–Trinajstić information content (AvgIpc) is 1.99. The molecule has 0 spiro atoms. The SMILES string of the molecule is C=NC(=NCC)C(C)=CN. The first kappa shape index (κ1) is 8.88.